The summed E-state index contributed by atoms with van der Waals surface area (Å²) in [7, 11) is 0. The summed E-state index contributed by atoms with van der Waals surface area (Å²) in [6.07, 6.45) is 0. The minimum atomic E-state index is -0.620. The van der Waals surface area contributed by atoms with Crippen LogP contribution in [0.1, 0.15) is 16.1 Å². The van der Waals surface area contributed by atoms with Gasteiger partial charge in [-0.15, -0.1) is 0 Å². The van der Waals surface area contributed by atoms with Gasteiger partial charge in [-0.25, -0.2) is 9.18 Å². The number of hydrogen-bond donors (Lipinski definition) is 1. The average Bonchev–Trinajstić information content (AvgIpc) is 2.71. The van der Waals surface area contributed by atoms with Crippen molar-refractivity contribution in [2.45, 2.75) is 6.92 Å². The lowest BCUT2D eigenvalue weighted by Gasteiger charge is -2.12. The molecule has 1 amide bonds. The zero-order valence-corrected chi connectivity index (χ0v) is 15.0. The van der Waals surface area contributed by atoms with E-state index in [1.807, 2.05) is 30.3 Å². The van der Waals surface area contributed by atoms with Gasteiger partial charge in [0.2, 0.25) is 5.76 Å². The molecule has 0 saturated heterocycles. The summed E-state index contributed by atoms with van der Waals surface area (Å²) in [5.41, 5.74) is 1.40. The van der Waals surface area contributed by atoms with Gasteiger partial charge in [-0.3, -0.25) is 4.79 Å². The fraction of sp³-hybridized carbons (Fsp3) is 0.0435. The van der Waals surface area contributed by atoms with E-state index in [-0.39, 0.29) is 11.4 Å². The fourth-order valence-electron chi connectivity index (χ4n) is 3.11. The van der Waals surface area contributed by atoms with Crippen molar-refractivity contribution in [2.75, 3.05) is 5.32 Å². The van der Waals surface area contributed by atoms with Gasteiger partial charge in [0.1, 0.15) is 5.82 Å². The zero-order valence-electron chi connectivity index (χ0n) is 15.0. The summed E-state index contributed by atoms with van der Waals surface area (Å²) in [6.45, 7) is 1.64. The summed E-state index contributed by atoms with van der Waals surface area (Å²) in [6, 6.07) is 20.6. The molecule has 0 radical (unpaired) electrons. The first-order valence-corrected chi connectivity index (χ1v) is 8.73. The largest absolute Gasteiger partial charge is 0.416 e. The maximum atomic E-state index is 13.8. The van der Waals surface area contributed by atoms with Crippen LogP contribution in [0, 0.1) is 12.7 Å². The van der Waals surface area contributed by atoms with Crippen molar-refractivity contribution in [1.82, 2.24) is 0 Å². The van der Waals surface area contributed by atoms with Gasteiger partial charge in [0.05, 0.1) is 5.39 Å². The van der Waals surface area contributed by atoms with Crippen LogP contribution in [0.25, 0.3) is 21.9 Å². The van der Waals surface area contributed by atoms with Crippen molar-refractivity contribution in [2.24, 2.45) is 0 Å². The maximum Gasteiger partial charge on any atom is 0.344 e. The number of halogens is 1. The van der Waals surface area contributed by atoms with E-state index in [0.717, 1.165) is 5.56 Å². The molecule has 1 N–H and O–H groups in total. The highest BCUT2D eigenvalue weighted by Gasteiger charge is 2.21. The molecule has 0 bridgehead atoms. The van der Waals surface area contributed by atoms with Crippen molar-refractivity contribution in [1.29, 1.82) is 0 Å². The molecule has 0 atom stereocenters. The molecule has 0 unspecified atom stereocenters. The van der Waals surface area contributed by atoms with Crippen molar-refractivity contribution >= 4 is 22.4 Å². The number of benzene rings is 3. The van der Waals surface area contributed by atoms with Gasteiger partial charge >= 0.3 is 5.63 Å². The van der Waals surface area contributed by atoms with Gasteiger partial charge in [-0.1, -0.05) is 54.6 Å². The van der Waals surface area contributed by atoms with Gasteiger partial charge in [0.15, 0.2) is 0 Å². The highest BCUT2D eigenvalue weighted by molar-refractivity contribution is 6.11. The van der Waals surface area contributed by atoms with Gasteiger partial charge in [-0.05, 0) is 36.2 Å². The number of aryl methyl sites for hydroxylation is 1. The third-order valence-electron chi connectivity index (χ3n) is 4.54. The van der Waals surface area contributed by atoms with Crippen LogP contribution in [0.2, 0.25) is 0 Å². The van der Waals surface area contributed by atoms with E-state index in [1.54, 1.807) is 43.3 Å². The molecule has 28 heavy (non-hydrogen) atoms. The van der Waals surface area contributed by atoms with Crippen LogP contribution in [-0.4, -0.2) is 5.91 Å². The van der Waals surface area contributed by atoms with E-state index in [1.165, 1.54) is 6.07 Å². The molecule has 0 aliphatic carbocycles. The Kier molecular flexibility index (Phi) is 4.49. The van der Waals surface area contributed by atoms with Crippen molar-refractivity contribution in [3.05, 3.63) is 100 Å². The first-order valence-electron chi connectivity index (χ1n) is 8.73. The Bertz CT molecular complexity index is 1250. The topological polar surface area (TPSA) is 59.3 Å². The summed E-state index contributed by atoms with van der Waals surface area (Å²) >= 11 is 0. The lowest BCUT2D eigenvalue weighted by molar-refractivity contribution is 0.0994. The highest BCUT2D eigenvalue weighted by atomic mass is 19.1. The minimum absolute atomic E-state index is 0.115. The van der Waals surface area contributed by atoms with Gasteiger partial charge < -0.3 is 9.73 Å². The fourth-order valence-corrected chi connectivity index (χ4v) is 3.11. The molecular formula is C23H16FNO3. The second-order valence-corrected chi connectivity index (χ2v) is 6.42. The molecule has 0 fully saturated rings. The Morgan fingerprint density at radius 2 is 1.61 bits per heavy atom. The van der Waals surface area contributed by atoms with Crippen LogP contribution in [-0.2, 0) is 0 Å². The highest BCUT2D eigenvalue weighted by Crippen LogP contribution is 2.31. The minimum Gasteiger partial charge on any atom is -0.416 e. The third-order valence-corrected chi connectivity index (χ3v) is 4.54. The Hall–Kier alpha value is -3.73. The lowest BCUT2D eigenvalue weighted by atomic mass is 9.98. The van der Waals surface area contributed by atoms with Gasteiger partial charge in [0.25, 0.3) is 5.91 Å². The molecule has 1 aromatic heterocycles. The molecule has 5 heteroatoms. The van der Waals surface area contributed by atoms with E-state index in [0.29, 0.717) is 21.9 Å². The predicted molar refractivity (Wildman–Crippen MR) is 107 cm³/mol. The smallest absolute Gasteiger partial charge is 0.344 e. The monoisotopic (exact) mass is 373 g/mol. The molecular weight excluding hydrogens is 357 g/mol. The number of hydrogen-bond acceptors (Lipinski definition) is 3. The number of rotatable bonds is 3. The SMILES string of the molecule is Cc1ccc(NC(=O)c2oc(=O)c3ccccc3c2-c2ccccc2)cc1F. The Morgan fingerprint density at radius 1 is 0.929 bits per heavy atom. The second kappa shape index (κ2) is 7.12. The summed E-state index contributed by atoms with van der Waals surface area (Å²) < 4.78 is 19.2. The van der Waals surface area contributed by atoms with E-state index in [9.17, 15) is 14.0 Å². The molecule has 0 saturated carbocycles. The standard InChI is InChI=1S/C23H16FNO3/c1-14-11-12-16(13-19(14)24)25-22(26)21-20(15-7-3-2-4-8-15)17-9-5-6-10-18(17)23(27)28-21/h2-13H,1H3,(H,25,26). The Morgan fingerprint density at radius 3 is 2.32 bits per heavy atom. The first kappa shape index (κ1) is 17.7. The van der Waals surface area contributed by atoms with E-state index < -0.39 is 17.3 Å². The van der Waals surface area contributed by atoms with Crippen molar-refractivity contribution in [3.63, 3.8) is 0 Å². The molecule has 1 heterocycles. The second-order valence-electron chi connectivity index (χ2n) is 6.42. The zero-order chi connectivity index (χ0) is 19.7. The Balaban J connectivity index is 1.89. The normalized spacial score (nSPS) is 10.8. The number of anilines is 1. The maximum absolute atomic E-state index is 13.8. The average molecular weight is 373 g/mol. The molecule has 4 rings (SSSR count). The molecule has 0 aliphatic rings. The molecule has 0 spiro atoms. The number of carbonyl (C=O) groups excluding carboxylic acids is 1. The van der Waals surface area contributed by atoms with Gasteiger partial charge in [-0.2, -0.15) is 0 Å². The molecule has 4 aromatic rings. The molecule has 0 aliphatic heterocycles. The van der Waals surface area contributed by atoms with Crippen LogP contribution in [0.15, 0.2) is 82.0 Å². The van der Waals surface area contributed by atoms with Crippen LogP contribution in [0.3, 0.4) is 0 Å². The van der Waals surface area contributed by atoms with Crippen LogP contribution < -0.4 is 10.9 Å². The van der Waals surface area contributed by atoms with Gasteiger partial charge in [0, 0.05) is 16.6 Å². The van der Waals surface area contributed by atoms with E-state index in [2.05, 4.69) is 5.32 Å². The van der Waals surface area contributed by atoms with E-state index in [4.69, 9.17) is 4.42 Å². The molecule has 138 valence electrons. The molecule has 3 aromatic carbocycles. The molecule has 4 nitrogen and oxygen atoms in total. The third kappa shape index (κ3) is 3.18. The van der Waals surface area contributed by atoms with Crippen LogP contribution >= 0.6 is 0 Å². The predicted octanol–water partition coefficient (Wildman–Crippen LogP) is 5.16. The number of nitrogens with one attached hydrogen (secondary N) is 1. The quantitative estimate of drug-likeness (QED) is 0.540. The Labute approximate surface area is 160 Å². The first-order chi connectivity index (χ1) is 13.5. The van der Waals surface area contributed by atoms with E-state index >= 15 is 0 Å². The van der Waals surface area contributed by atoms with Crippen LogP contribution in [0.4, 0.5) is 10.1 Å². The van der Waals surface area contributed by atoms with Crippen LogP contribution in [0.5, 0.6) is 0 Å². The summed E-state index contributed by atoms with van der Waals surface area (Å²) in [5.74, 6) is -1.16. The summed E-state index contributed by atoms with van der Waals surface area (Å²) in [4.78, 5) is 25.4. The van der Waals surface area contributed by atoms with Crippen molar-refractivity contribution in [3.8, 4) is 11.1 Å². The number of fused-ring (bicyclic) bond motifs is 1. The summed E-state index contributed by atoms with van der Waals surface area (Å²) in [5, 5.41) is 3.62. The van der Waals surface area contributed by atoms with Crippen molar-refractivity contribution < 1.29 is 13.6 Å². The lowest BCUT2D eigenvalue weighted by Crippen LogP contribution is -2.17. The number of amides is 1. The number of carbonyl (C=O) groups is 1.